The molecule has 0 spiro atoms. The van der Waals surface area contributed by atoms with Crippen molar-refractivity contribution < 1.29 is 0 Å². The molecule has 0 radical (unpaired) electrons. The van der Waals surface area contributed by atoms with Gasteiger partial charge in [-0.2, -0.15) is 0 Å². The van der Waals surface area contributed by atoms with Crippen LogP contribution >= 0.6 is 22.9 Å². The van der Waals surface area contributed by atoms with Gasteiger partial charge in [-0.05, 0) is 24.9 Å². The number of pyridine rings is 1. The standard InChI is InChI=1S/C20H15ClN6S/c1-4-5-14(22-2)15-8-12-6-7-27(3)17(12)16(25-15)18-19(21)26-20(28-18)13-9-23-11-24-10-13/h4-11H,1-2H2,3H3/b14-5-. The molecule has 4 aromatic heterocycles. The molecule has 28 heavy (non-hydrogen) atoms. The Hall–Kier alpha value is -3.16. The van der Waals surface area contributed by atoms with Gasteiger partial charge in [-0.3, -0.25) is 4.99 Å². The molecule has 0 aliphatic rings. The summed E-state index contributed by atoms with van der Waals surface area (Å²) in [7, 11) is 1.97. The van der Waals surface area contributed by atoms with E-state index >= 15 is 0 Å². The number of halogens is 1. The van der Waals surface area contributed by atoms with E-state index in [0.717, 1.165) is 32.0 Å². The van der Waals surface area contributed by atoms with Crippen molar-refractivity contribution in [3.63, 3.8) is 0 Å². The minimum atomic E-state index is 0.386. The predicted molar refractivity (Wildman–Crippen MR) is 116 cm³/mol. The van der Waals surface area contributed by atoms with Crippen LogP contribution in [-0.4, -0.2) is 31.2 Å². The maximum Gasteiger partial charge on any atom is 0.150 e. The summed E-state index contributed by atoms with van der Waals surface area (Å²) in [5, 5.41) is 2.14. The molecule has 4 rings (SSSR count). The van der Waals surface area contributed by atoms with Gasteiger partial charge >= 0.3 is 0 Å². The maximum atomic E-state index is 6.52. The number of aryl methyl sites for hydroxylation is 1. The first kappa shape index (κ1) is 18.2. The average molecular weight is 407 g/mol. The van der Waals surface area contributed by atoms with E-state index in [-0.39, 0.29) is 0 Å². The van der Waals surface area contributed by atoms with Crippen LogP contribution in [-0.2, 0) is 7.05 Å². The zero-order valence-electron chi connectivity index (χ0n) is 15.0. The number of allylic oxidation sites excluding steroid dienone is 2. The Bertz CT molecular complexity index is 1220. The molecule has 8 heteroatoms. The second-order valence-corrected chi connectivity index (χ2v) is 7.29. The summed E-state index contributed by atoms with van der Waals surface area (Å²) >= 11 is 7.97. The summed E-state index contributed by atoms with van der Waals surface area (Å²) in [6.45, 7) is 7.38. The number of hydrogen-bond donors (Lipinski definition) is 0. The van der Waals surface area contributed by atoms with E-state index in [1.807, 2.05) is 29.9 Å². The lowest BCUT2D eigenvalue weighted by Crippen LogP contribution is -1.95. The highest BCUT2D eigenvalue weighted by Gasteiger charge is 2.20. The molecular formula is C20H15ClN6S. The molecule has 0 bridgehead atoms. The molecule has 4 heterocycles. The van der Waals surface area contributed by atoms with E-state index in [9.17, 15) is 0 Å². The third-order valence-corrected chi connectivity index (χ3v) is 5.67. The van der Waals surface area contributed by atoms with E-state index in [4.69, 9.17) is 16.6 Å². The van der Waals surface area contributed by atoms with Crippen molar-refractivity contribution in [3.8, 4) is 21.1 Å². The van der Waals surface area contributed by atoms with Crippen LogP contribution in [0.2, 0.25) is 5.15 Å². The average Bonchev–Trinajstić information content (AvgIpc) is 3.29. The van der Waals surface area contributed by atoms with Crippen molar-refractivity contribution in [1.29, 1.82) is 0 Å². The van der Waals surface area contributed by atoms with Crippen LogP contribution < -0.4 is 0 Å². The van der Waals surface area contributed by atoms with E-state index < -0.39 is 0 Å². The fourth-order valence-electron chi connectivity index (χ4n) is 2.92. The largest absolute Gasteiger partial charge is 0.349 e. The number of aromatic nitrogens is 5. The van der Waals surface area contributed by atoms with Crippen LogP contribution in [0.3, 0.4) is 0 Å². The summed E-state index contributed by atoms with van der Waals surface area (Å²) < 4.78 is 2.01. The number of nitrogens with zero attached hydrogens (tertiary/aromatic N) is 6. The first-order valence-electron chi connectivity index (χ1n) is 8.30. The Morgan fingerprint density at radius 2 is 2.07 bits per heavy atom. The minimum absolute atomic E-state index is 0.386. The molecule has 0 fully saturated rings. The highest BCUT2D eigenvalue weighted by molar-refractivity contribution is 7.19. The van der Waals surface area contributed by atoms with E-state index in [1.165, 1.54) is 17.7 Å². The lowest BCUT2D eigenvalue weighted by Gasteiger charge is -2.08. The van der Waals surface area contributed by atoms with Crippen LogP contribution in [0.25, 0.3) is 37.7 Å². The van der Waals surface area contributed by atoms with Gasteiger partial charge < -0.3 is 4.57 Å². The maximum absolute atomic E-state index is 6.52. The van der Waals surface area contributed by atoms with Gasteiger partial charge in [0.1, 0.15) is 22.2 Å². The Morgan fingerprint density at radius 3 is 2.79 bits per heavy atom. The number of fused-ring (bicyclic) bond motifs is 1. The summed E-state index contributed by atoms with van der Waals surface area (Å²) in [5.41, 5.74) is 3.84. The third-order valence-electron chi connectivity index (χ3n) is 4.17. The van der Waals surface area contributed by atoms with Crippen molar-refractivity contribution >= 4 is 46.3 Å². The molecule has 0 aromatic carbocycles. The van der Waals surface area contributed by atoms with Gasteiger partial charge in [0.25, 0.3) is 0 Å². The summed E-state index contributed by atoms with van der Waals surface area (Å²) in [5.74, 6) is 0. The zero-order chi connectivity index (χ0) is 19.7. The van der Waals surface area contributed by atoms with Gasteiger partial charge in [0.15, 0.2) is 0 Å². The molecule has 0 saturated heterocycles. The van der Waals surface area contributed by atoms with Crippen LogP contribution in [0, 0.1) is 0 Å². The van der Waals surface area contributed by atoms with Gasteiger partial charge in [0, 0.05) is 36.6 Å². The highest BCUT2D eigenvalue weighted by atomic mass is 35.5. The van der Waals surface area contributed by atoms with Gasteiger partial charge in [0.05, 0.1) is 21.8 Å². The second-order valence-electron chi connectivity index (χ2n) is 5.93. The molecule has 0 saturated carbocycles. The lowest BCUT2D eigenvalue weighted by atomic mass is 10.1. The number of thiazole rings is 1. The molecule has 4 aromatic rings. The number of rotatable bonds is 5. The van der Waals surface area contributed by atoms with Crippen LogP contribution in [0.5, 0.6) is 0 Å². The molecule has 0 atom stereocenters. The highest BCUT2D eigenvalue weighted by Crippen LogP contribution is 2.40. The number of hydrogen-bond acceptors (Lipinski definition) is 6. The second kappa shape index (κ2) is 7.46. The molecule has 0 amide bonds. The van der Waals surface area contributed by atoms with Crippen LogP contribution in [0.1, 0.15) is 5.69 Å². The van der Waals surface area contributed by atoms with Gasteiger partial charge in [-0.1, -0.05) is 24.3 Å². The van der Waals surface area contributed by atoms with E-state index in [1.54, 1.807) is 24.5 Å². The minimum Gasteiger partial charge on any atom is -0.349 e. The Balaban J connectivity index is 1.97. The van der Waals surface area contributed by atoms with Gasteiger partial charge in [-0.15, -0.1) is 11.3 Å². The topological polar surface area (TPSA) is 68.8 Å². The number of aliphatic imine (C=N–C) groups is 1. The van der Waals surface area contributed by atoms with Crippen molar-refractivity contribution in [1.82, 2.24) is 24.5 Å². The van der Waals surface area contributed by atoms with E-state index in [2.05, 4.69) is 33.2 Å². The molecule has 138 valence electrons. The lowest BCUT2D eigenvalue weighted by molar-refractivity contribution is 0.966. The fourth-order valence-corrected chi connectivity index (χ4v) is 4.19. The Morgan fingerprint density at radius 1 is 1.29 bits per heavy atom. The monoisotopic (exact) mass is 406 g/mol. The molecule has 0 N–H and O–H groups in total. The van der Waals surface area contributed by atoms with Crippen molar-refractivity contribution in [2.45, 2.75) is 0 Å². The Kier molecular flexibility index (Phi) is 4.85. The first-order chi connectivity index (χ1) is 13.6. The molecule has 0 aliphatic carbocycles. The molecular weight excluding hydrogens is 392 g/mol. The summed E-state index contributed by atoms with van der Waals surface area (Å²) in [4.78, 5) is 22.3. The first-order valence-corrected chi connectivity index (χ1v) is 9.49. The quantitative estimate of drug-likeness (QED) is 0.344. The summed E-state index contributed by atoms with van der Waals surface area (Å²) in [6.07, 6.45) is 10.3. The van der Waals surface area contributed by atoms with Crippen molar-refractivity contribution in [2.24, 2.45) is 12.0 Å². The van der Waals surface area contributed by atoms with Crippen LogP contribution in [0.15, 0.2) is 60.8 Å². The third kappa shape index (κ3) is 3.15. The van der Waals surface area contributed by atoms with Crippen molar-refractivity contribution in [2.75, 3.05) is 0 Å². The molecule has 0 unspecified atom stereocenters. The van der Waals surface area contributed by atoms with Crippen LogP contribution in [0.4, 0.5) is 0 Å². The molecule has 0 aliphatic heterocycles. The zero-order valence-corrected chi connectivity index (χ0v) is 16.6. The smallest absolute Gasteiger partial charge is 0.150 e. The SMILES string of the molecule is C=C/C=C(\N=C)c1cc2ccn(C)c2c(-c2sc(-c3cncnc3)nc2Cl)n1. The molecule has 6 nitrogen and oxygen atoms in total. The Labute approximate surface area is 170 Å². The normalized spacial score (nSPS) is 11.7. The van der Waals surface area contributed by atoms with Gasteiger partial charge in [-0.25, -0.2) is 19.9 Å². The van der Waals surface area contributed by atoms with Gasteiger partial charge in [0.2, 0.25) is 0 Å². The predicted octanol–water partition coefficient (Wildman–Crippen LogP) is 5.03. The summed E-state index contributed by atoms with van der Waals surface area (Å²) in [6, 6.07) is 4.00. The fraction of sp³-hybridized carbons (Fsp3) is 0.0500. The van der Waals surface area contributed by atoms with E-state index in [0.29, 0.717) is 16.5 Å². The van der Waals surface area contributed by atoms with Crippen molar-refractivity contribution in [3.05, 3.63) is 66.6 Å².